The first-order valence-corrected chi connectivity index (χ1v) is 6.10. The Morgan fingerprint density at radius 3 is 2.90 bits per heavy atom. The summed E-state index contributed by atoms with van der Waals surface area (Å²) in [5.41, 5.74) is 0.0684. The summed E-state index contributed by atoms with van der Waals surface area (Å²) in [6.07, 6.45) is 6.13. The van der Waals surface area contributed by atoms with E-state index < -0.39 is 10.8 Å². The molecule has 1 aliphatic carbocycles. The van der Waals surface area contributed by atoms with Gasteiger partial charge in [0.2, 0.25) is 5.69 Å². The van der Waals surface area contributed by atoms with Crippen LogP contribution in [0, 0.1) is 10.1 Å². The second kappa shape index (κ2) is 4.72. The average Bonchev–Trinajstić information content (AvgIpc) is 3.14. The zero-order chi connectivity index (χ0) is 14.1. The molecule has 20 heavy (non-hydrogen) atoms. The first-order valence-electron chi connectivity index (χ1n) is 6.10. The van der Waals surface area contributed by atoms with E-state index in [2.05, 4.69) is 15.4 Å². The molecule has 0 bridgehead atoms. The lowest BCUT2D eigenvalue weighted by atomic mass is 10.3. The predicted octanol–water partition coefficient (Wildman–Crippen LogP) is 1.07. The fourth-order valence-electron chi connectivity index (χ4n) is 1.76. The average molecular weight is 273 g/mol. The minimum atomic E-state index is -0.609. The van der Waals surface area contributed by atoms with E-state index in [-0.39, 0.29) is 17.4 Å². The van der Waals surface area contributed by atoms with Crippen LogP contribution < -0.4 is 5.32 Å². The van der Waals surface area contributed by atoms with Crippen molar-refractivity contribution in [2.45, 2.75) is 18.9 Å². The maximum atomic E-state index is 12.0. The van der Waals surface area contributed by atoms with Gasteiger partial charge in [0.05, 0.1) is 16.8 Å². The van der Waals surface area contributed by atoms with E-state index in [1.54, 1.807) is 18.3 Å². The van der Waals surface area contributed by atoms with Crippen LogP contribution in [0.15, 0.2) is 30.7 Å². The summed E-state index contributed by atoms with van der Waals surface area (Å²) in [4.78, 5) is 26.3. The predicted molar refractivity (Wildman–Crippen MR) is 68.5 cm³/mol. The molecular formula is C12H11N5O3. The highest BCUT2D eigenvalue weighted by Crippen LogP contribution is 2.23. The summed E-state index contributed by atoms with van der Waals surface area (Å²) in [5, 5.41) is 17.7. The van der Waals surface area contributed by atoms with Gasteiger partial charge in [0, 0.05) is 12.2 Å². The van der Waals surface area contributed by atoms with Crippen molar-refractivity contribution in [2.75, 3.05) is 0 Å². The number of hydrogen-bond donors (Lipinski definition) is 1. The number of carbonyl (C=O) groups is 1. The molecule has 1 N–H and O–H groups in total. The molecule has 1 saturated carbocycles. The molecule has 8 nitrogen and oxygen atoms in total. The van der Waals surface area contributed by atoms with Gasteiger partial charge in [-0.3, -0.25) is 19.9 Å². The zero-order valence-electron chi connectivity index (χ0n) is 10.4. The third-order valence-corrected chi connectivity index (χ3v) is 2.93. The molecule has 0 saturated heterocycles. The maximum absolute atomic E-state index is 12.0. The van der Waals surface area contributed by atoms with E-state index >= 15 is 0 Å². The molecule has 102 valence electrons. The minimum Gasteiger partial charge on any atom is -0.348 e. The first kappa shape index (κ1) is 12.3. The van der Waals surface area contributed by atoms with Gasteiger partial charge in [-0.15, -0.1) is 0 Å². The third kappa shape index (κ3) is 2.35. The molecule has 8 heteroatoms. The SMILES string of the molecule is O=C(NC1CC1)c1nn(-c2cccnc2)cc1[N+](=O)[O-]. The van der Waals surface area contributed by atoms with Crippen LogP contribution in [-0.4, -0.2) is 31.6 Å². The number of pyridine rings is 1. The Kier molecular flexibility index (Phi) is 2.90. The standard InChI is InChI=1S/C12H11N5O3/c18-12(14-8-3-4-8)11-10(17(19)20)7-16(15-11)9-2-1-5-13-6-9/h1-2,5-8H,3-4H2,(H,14,18). The molecule has 0 radical (unpaired) electrons. The van der Waals surface area contributed by atoms with E-state index in [1.165, 1.54) is 17.1 Å². The Bertz CT molecular complexity index is 663. The van der Waals surface area contributed by atoms with Crippen molar-refractivity contribution in [3.8, 4) is 5.69 Å². The van der Waals surface area contributed by atoms with E-state index in [4.69, 9.17) is 0 Å². The van der Waals surface area contributed by atoms with Gasteiger partial charge in [-0.1, -0.05) is 0 Å². The highest BCUT2D eigenvalue weighted by Gasteiger charge is 2.30. The van der Waals surface area contributed by atoms with Crippen molar-refractivity contribution in [3.63, 3.8) is 0 Å². The summed E-state index contributed by atoms with van der Waals surface area (Å²) in [7, 11) is 0. The van der Waals surface area contributed by atoms with Crippen molar-refractivity contribution < 1.29 is 9.72 Å². The van der Waals surface area contributed by atoms with E-state index in [0.29, 0.717) is 5.69 Å². The monoisotopic (exact) mass is 273 g/mol. The molecular weight excluding hydrogens is 262 g/mol. The highest BCUT2D eigenvalue weighted by molar-refractivity contribution is 5.96. The smallest absolute Gasteiger partial charge is 0.320 e. The van der Waals surface area contributed by atoms with Gasteiger partial charge in [-0.25, -0.2) is 4.68 Å². The summed E-state index contributed by atoms with van der Waals surface area (Å²) >= 11 is 0. The number of hydrogen-bond acceptors (Lipinski definition) is 5. The van der Waals surface area contributed by atoms with E-state index in [0.717, 1.165) is 12.8 Å². The molecule has 2 heterocycles. The Balaban J connectivity index is 1.97. The Morgan fingerprint density at radius 2 is 2.30 bits per heavy atom. The molecule has 0 atom stereocenters. The second-order valence-corrected chi connectivity index (χ2v) is 4.52. The number of nitro groups is 1. The number of aromatic nitrogens is 3. The summed E-state index contributed by atoms with van der Waals surface area (Å²) < 4.78 is 1.28. The molecule has 0 aliphatic heterocycles. The van der Waals surface area contributed by atoms with Gasteiger partial charge in [-0.05, 0) is 25.0 Å². The molecule has 2 aromatic heterocycles. The summed E-state index contributed by atoms with van der Waals surface area (Å²) in [6.45, 7) is 0. The highest BCUT2D eigenvalue weighted by atomic mass is 16.6. The quantitative estimate of drug-likeness (QED) is 0.663. The number of rotatable bonds is 4. The molecule has 2 aromatic rings. The second-order valence-electron chi connectivity index (χ2n) is 4.52. The normalized spacial score (nSPS) is 14.0. The van der Waals surface area contributed by atoms with Crippen LogP contribution in [0.25, 0.3) is 5.69 Å². The zero-order valence-corrected chi connectivity index (χ0v) is 10.4. The largest absolute Gasteiger partial charge is 0.348 e. The fourth-order valence-corrected chi connectivity index (χ4v) is 1.76. The third-order valence-electron chi connectivity index (χ3n) is 2.93. The van der Waals surface area contributed by atoms with Crippen LogP contribution in [0.1, 0.15) is 23.3 Å². The van der Waals surface area contributed by atoms with Gasteiger partial charge >= 0.3 is 5.69 Å². The molecule has 0 unspecified atom stereocenters. The minimum absolute atomic E-state index is 0.116. The van der Waals surface area contributed by atoms with E-state index in [9.17, 15) is 14.9 Å². The lowest BCUT2D eigenvalue weighted by Gasteiger charge is -1.99. The van der Waals surface area contributed by atoms with Crippen molar-refractivity contribution >= 4 is 11.6 Å². The summed E-state index contributed by atoms with van der Waals surface area (Å²) in [6, 6.07) is 3.50. The van der Waals surface area contributed by atoms with Crippen molar-refractivity contribution in [2.24, 2.45) is 0 Å². The molecule has 0 spiro atoms. The number of nitrogens with one attached hydrogen (secondary N) is 1. The van der Waals surface area contributed by atoms with Gasteiger partial charge in [0.25, 0.3) is 5.91 Å². The lowest BCUT2D eigenvalue weighted by Crippen LogP contribution is -2.26. The van der Waals surface area contributed by atoms with Gasteiger partial charge in [-0.2, -0.15) is 5.10 Å². The maximum Gasteiger partial charge on any atom is 0.320 e. The number of nitrogens with zero attached hydrogens (tertiary/aromatic N) is 4. The molecule has 1 fully saturated rings. The van der Waals surface area contributed by atoms with E-state index in [1.807, 2.05) is 0 Å². The van der Waals surface area contributed by atoms with Crippen LogP contribution in [0.2, 0.25) is 0 Å². The lowest BCUT2D eigenvalue weighted by molar-refractivity contribution is -0.385. The topological polar surface area (TPSA) is 103 Å². The van der Waals surface area contributed by atoms with Gasteiger partial charge in [0.15, 0.2) is 0 Å². The molecule has 3 rings (SSSR count). The van der Waals surface area contributed by atoms with Crippen LogP contribution in [0.3, 0.4) is 0 Å². The number of carbonyl (C=O) groups excluding carboxylic acids is 1. The van der Waals surface area contributed by atoms with Crippen molar-refractivity contribution in [3.05, 3.63) is 46.5 Å². The van der Waals surface area contributed by atoms with Crippen LogP contribution in [0.5, 0.6) is 0 Å². The van der Waals surface area contributed by atoms with Gasteiger partial charge in [0.1, 0.15) is 6.20 Å². The fraction of sp³-hybridized carbons (Fsp3) is 0.250. The van der Waals surface area contributed by atoms with Crippen molar-refractivity contribution in [1.82, 2.24) is 20.1 Å². The molecule has 0 aromatic carbocycles. The van der Waals surface area contributed by atoms with Crippen LogP contribution >= 0.6 is 0 Å². The first-order chi connectivity index (χ1) is 9.65. The Labute approximate surface area is 113 Å². The summed E-state index contributed by atoms with van der Waals surface area (Å²) in [5.74, 6) is -0.512. The molecule has 1 amide bonds. The van der Waals surface area contributed by atoms with Crippen LogP contribution in [-0.2, 0) is 0 Å². The number of amides is 1. The van der Waals surface area contributed by atoms with Crippen LogP contribution in [0.4, 0.5) is 5.69 Å². The molecule has 1 aliphatic rings. The Morgan fingerprint density at radius 1 is 1.50 bits per heavy atom. The van der Waals surface area contributed by atoms with Crippen molar-refractivity contribution in [1.29, 1.82) is 0 Å². The Hall–Kier alpha value is -2.77. The van der Waals surface area contributed by atoms with Gasteiger partial charge < -0.3 is 5.32 Å².